The molecule has 0 amide bonds. The lowest BCUT2D eigenvalue weighted by molar-refractivity contribution is 0.638. The highest BCUT2D eigenvalue weighted by Crippen LogP contribution is 2.37. The van der Waals surface area contributed by atoms with Crippen molar-refractivity contribution in [3.05, 3.63) is 24.6 Å². The Balaban J connectivity index is 2.46. The number of allylic oxidation sites excluding steroid dienone is 1. The number of hydrogen-bond donors (Lipinski definition) is 1. The molecule has 0 aliphatic heterocycles. The van der Waals surface area contributed by atoms with Crippen molar-refractivity contribution in [1.82, 2.24) is 0 Å². The van der Waals surface area contributed by atoms with Crippen molar-refractivity contribution < 1.29 is 4.39 Å². The van der Waals surface area contributed by atoms with Crippen LogP contribution in [0.15, 0.2) is 24.6 Å². The molecule has 0 bridgehead atoms. The quantitative estimate of drug-likeness (QED) is 0.557. The molecular formula is C7H10FN. The second-order valence-electron chi connectivity index (χ2n) is 2.44. The third-order valence-corrected chi connectivity index (χ3v) is 1.64. The van der Waals surface area contributed by atoms with E-state index >= 15 is 0 Å². The first-order valence-electron chi connectivity index (χ1n) is 2.92. The molecule has 50 valence electrons. The van der Waals surface area contributed by atoms with Gasteiger partial charge in [0.15, 0.2) is 0 Å². The van der Waals surface area contributed by atoms with Crippen LogP contribution >= 0.6 is 0 Å². The summed E-state index contributed by atoms with van der Waals surface area (Å²) in [7, 11) is 0. The summed E-state index contributed by atoms with van der Waals surface area (Å²) < 4.78 is 12.2. The summed E-state index contributed by atoms with van der Waals surface area (Å²) in [4.78, 5) is 0. The Morgan fingerprint density at radius 2 is 2.00 bits per heavy atom. The van der Waals surface area contributed by atoms with Gasteiger partial charge in [0.05, 0.1) is 0 Å². The SMILES string of the molecule is C=C(F)C(=C)C1CC1N. The van der Waals surface area contributed by atoms with E-state index in [2.05, 4.69) is 13.2 Å². The average Bonchev–Trinajstić information content (AvgIpc) is 2.44. The van der Waals surface area contributed by atoms with Crippen molar-refractivity contribution in [2.75, 3.05) is 0 Å². The average molecular weight is 127 g/mol. The van der Waals surface area contributed by atoms with E-state index in [0.717, 1.165) is 6.42 Å². The van der Waals surface area contributed by atoms with Crippen molar-refractivity contribution >= 4 is 0 Å². The van der Waals surface area contributed by atoms with Gasteiger partial charge in [-0.3, -0.25) is 0 Å². The Bertz CT molecular complexity index is 162. The van der Waals surface area contributed by atoms with E-state index in [4.69, 9.17) is 5.73 Å². The second kappa shape index (κ2) is 1.95. The summed E-state index contributed by atoms with van der Waals surface area (Å²) in [6, 6.07) is 0.130. The predicted molar refractivity (Wildman–Crippen MR) is 35.5 cm³/mol. The summed E-state index contributed by atoms with van der Waals surface area (Å²) in [6.45, 7) is 6.64. The Kier molecular flexibility index (Phi) is 1.41. The zero-order chi connectivity index (χ0) is 7.02. The molecule has 0 saturated heterocycles. The minimum absolute atomic E-state index is 0.130. The van der Waals surface area contributed by atoms with Crippen LogP contribution in [-0.4, -0.2) is 6.04 Å². The van der Waals surface area contributed by atoms with Crippen LogP contribution in [-0.2, 0) is 0 Å². The molecule has 1 aliphatic rings. The zero-order valence-electron chi connectivity index (χ0n) is 5.23. The molecule has 1 rings (SSSR count). The first-order valence-corrected chi connectivity index (χ1v) is 2.92. The van der Waals surface area contributed by atoms with Gasteiger partial charge in [-0.15, -0.1) is 0 Å². The molecule has 2 N–H and O–H groups in total. The normalized spacial score (nSPS) is 31.8. The van der Waals surface area contributed by atoms with E-state index in [1.807, 2.05) is 0 Å². The van der Waals surface area contributed by atoms with E-state index in [-0.39, 0.29) is 12.0 Å². The molecule has 2 heteroatoms. The predicted octanol–water partition coefficient (Wildman–Crippen LogP) is 1.37. The van der Waals surface area contributed by atoms with E-state index in [1.54, 1.807) is 0 Å². The van der Waals surface area contributed by atoms with E-state index in [1.165, 1.54) is 0 Å². The minimum Gasteiger partial charge on any atom is -0.327 e. The molecular weight excluding hydrogens is 117 g/mol. The molecule has 1 nitrogen and oxygen atoms in total. The first kappa shape index (κ1) is 6.49. The van der Waals surface area contributed by atoms with Crippen LogP contribution in [0.3, 0.4) is 0 Å². The van der Waals surface area contributed by atoms with Gasteiger partial charge >= 0.3 is 0 Å². The van der Waals surface area contributed by atoms with Crippen molar-refractivity contribution in [3.8, 4) is 0 Å². The van der Waals surface area contributed by atoms with Crippen molar-refractivity contribution in [3.63, 3.8) is 0 Å². The number of hydrogen-bond acceptors (Lipinski definition) is 1. The van der Waals surface area contributed by atoms with Gasteiger partial charge < -0.3 is 5.73 Å². The molecule has 0 radical (unpaired) electrons. The molecule has 0 heterocycles. The molecule has 2 unspecified atom stereocenters. The number of halogens is 1. The van der Waals surface area contributed by atoms with Crippen LogP contribution in [0.1, 0.15) is 6.42 Å². The number of rotatable bonds is 2. The van der Waals surface area contributed by atoms with Gasteiger partial charge in [-0.2, -0.15) is 0 Å². The molecule has 0 spiro atoms. The van der Waals surface area contributed by atoms with Gasteiger partial charge in [0.2, 0.25) is 0 Å². The standard InChI is InChI=1S/C7H10FN/c1-4(5(2)8)6-3-7(6)9/h6-7H,1-3,9H2. The lowest BCUT2D eigenvalue weighted by atomic mass is 10.2. The minimum atomic E-state index is -0.423. The topological polar surface area (TPSA) is 26.0 Å². The molecule has 0 aromatic rings. The molecule has 1 fully saturated rings. The Morgan fingerprint density at radius 3 is 2.11 bits per heavy atom. The van der Waals surface area contributed by atoms with Gasteiger partial charge in [0.25, 0.3) is 0 Å². The molecule has 1 saturated carbocycles. The van der Waals surface area contributed by atoms with Gasteiger partial charge in [-0.05, 0) is 12.0 Å². The Hall–Kier alpha value is -0.630. The lowest BCUT2D eigenvalue weighted by Crippen LogP contribution is -2.02. The van der Waals surface area contributed by atoms with E-state index in [9.17, 15) is 4.39 Å². The lowest BCUT2D eigenvalue weighted by Gasteiger charge is -1.95. The van der Waals surface area contributed by atoms with Crippen LogP contribution in [0.5, 0.6) is 0 Å². The monoisotopic (exact) mass is 127 g/mol. The van der Waals surface area contributed by atoms with E-state index < -0.39 is 5.83 Å². The molecule has 1 aliphatic carbocycles. The summed E-state index contributed by atoms with van der Waals surface area (Å²) in [5, 5.41) is 0. The van der Waals surface area contributed by atoms with Crippen molar-refractivity contribution in [2.45, 2.75) is 12.5 Å². The van der Waals surface area contributed by atoms with Crippen LogP contribution in [0.4, 0.5) is 4.39 Å². The first-order chi connectivity index (χ1) is 4.13. The smallest absolute Gasteiger partial charge is 0.118 e. The fourth-order valence-electron chi connectivity index (χ4n) is 0.816. The van der Waals surface area contributed by atoms with Crippen LogP contribution < -0.4 is 5.73 Å². The highest BCUT2D eigenvalue weighted by atomic mass is 19.1. The highest BCUT2D eigenvalue weighted by molar-refractivity contribution is 5.28. The maximum absolute atomic E-state index is 12.2. The molecule has 9 heavy (non-hydrogen) atoms. The highest BCUT2D eigenvalue weighted by Gasteiger charge is 2.36. The Morgan fingerprint density at radius 1 is 1.56 bits per heavy atom. The molecule has 2 atom stereocenters. The number of nitrogens with two attached hydrogens (primary N) is 1. The van der Waals surface area contributed by atoms with Gasteiger partial charge in [-0.25, -0.2) is 4.39 Å². The summed E-state index contributed by atoms with van der Waals surface area (Å²) in [5.41, 5.74) is 5.91. The molecule has 0 aromatic carbocycles. The van der Waals surface area contributed by atoms with Crippen molar-refractivity contribution in [2.24, 2.45) is 11.7 Å². The summed E-state index contributed by atoms with van der Waals surface area (Å²) in [5.74, 6) is -0.254. The second-order valence-corrected chi connectivity index (χ2v) is 2.44. The zero-order valence-corrected chi connectivity index (χ0v) is 5.23. The fourth-order valence-corrected chi connectivity index (χ4v) is 0.816. The maximum Gasteiger partial charge on any atom is 0.118 e. The summed E-state index contributed by atoms with van der Waals surface area (Å²) >= 11 is 0. The molecule has 0 aromatic heterocycles. The van der Waals surface area contributed by atoms with Gasteiger partial charge in [0.1, 0.15) is 5.83 Å². The third-order valence-electron chi connectivity index (χ3n) is 1.64. The van der Waals surface area contributed by atoms with Crippen LogP contribution in [0, 0.1) is 5.92 Å². The maximum atomic E-state index is 12.2. The van der Waals surface area contributed by atoms with Crippen LogP contribution in [0.25, 0.3) is 0 Å². The summed E-state index contributed by atoms with van der Waals surface area (Å²) in [6.07, 6.45) is 0.863. The van der Waals surface area contributed by atoms with Crippen molar-refractivity contribution in [1.29, 1.82) is 0 Å². The van der Waals surface area contributed by atoms with Gasteiger partial charge in [-0.1, -0.05) is 13.2 Å². The Labute approximate surface area is 54.0 Å². The fraction of sp³-hybridized carbons (Fsp3) is 0.429. The van der Waals surface area contributed by atoms with Gasteiger partial charge in [0, 0.05) is 12.0 Å². The van der Waals surface area contributed by atoms with E-state index in [0.29, 0.717) is 5.57 Å². The van der Waals surface area contributed by atoms with Crippen LogP contribution in [0.2, 0.25) is 0 Å². The third kappa shape index (κ3) is 1.19. The largest absolute Gasteiger partial charge is 0.327 e.